The van der Waals surface area contributed by atoms with Gasteiger partial charge in [0.25, 0.3) is 0 Å². The van der Waals surface area contributed by atoms with Crippen molar-refractivity contribution >= 4 is 0 Å². The number of aliphatic hydroxyl groups is 5. The fourth-order valence-electron chi connectivity index (χ4n) is 1.76. The van der Waals surface area contributed by atoms with Crippen LogP contribution in [0.4, 0.5) is 0 Å². The second-order valence-corrected chi connectivity index (χ2v) is 3.59. The van der Waals surface area contributed by atoms with Gasteiger partial charge in [-0.15, -0.1) is 0 Å². The molecule has 0 amide bonds. The van der Waals surface area contributed by atoms with Crippen LogP contribution in [0.2, 0.25) is 0 Å². The fourth-order valence-corrected chi connectivity index (χ4v) is 1.76. The van der Waals surface area contributed by atoms with E-state index in [1.165, 1.54) is 0 Å². The first-order valence-corrected chi connectivity index (χ1v) is 4.40. The minimum Gasteiger partial charge on any atom is -0.394 e. The van der Waals surface area contributed by atoms with Crippen LogP contribution in [0.5, 0.6) is 0 Å². The second-order valence-electron chi connectivity index (χ2n) is 3.59. The van der Waals surface area contributed by atoms with Crippen molar-refractivity contribution in [2.45, 2.75) is 43.2 Å². The van der Waals surface area contributed by atoms with Crippen molar-refractivity contribution < 1.29 is 25.5 Å². The zero-order valence-corrected chi connectivity index (χ0v) is 7.30. The Balaban J connectivity index is 2.74. The summed E-state index contributed by atoms with van der Waals surface area (Å²) >= 11 is 0. The van der Waals surface area contributed by atoms with Gasteiger partial charge in [0.2, 0.25) is 0 Å². The fraction of sp³-hybridized carbons (Fsp3) is 1.00. The highest BCUT2D eigenvalue weighted by atomic mass is 16.4. The molecule has 13 heavy (non-hydrogen) atoms. The minimum atomic E-state index is -1.77. The summed E-state index contributed by atoms with van der Waals surface area (Å²) in [5, 5.41) is 46.4. The highest BCUT2D eigenvalue weighted by molar-refractivity contribution is 4.99. The molecule has 0 radical (unpaired) electrons. The van der Waals surface area contributed by atoms with Gasteiger partial charge in [-0.2, -0.15) is 0 Å². The number of rotatable bonds is 2. The molecule has 0 aliphatic heterocycles. The van der Waals surface area contributed by atoms with Crippen LogP contribution in [-0.4, -0.2) is 56.1 Å². The van der Waals surface area contributed by atoms with Gasteiger partial charge in [-0.3, -0.25) is 0 Å². The van der Waals surface area contributed by atoms with Crippen LogP contribution in [0.25, 0.3) is 0 Å². The van der Waals surface area contributed by atoms with Gasteiger partial charge in [-0.1, -0.05) is 0 Å². The van der Waals surface area contributed by atoms with Crippen molar-refractivity contribution in [2.24, 2.45) is 0 Å². The Morgan fingerprint density at radius 2 is 2.00 bits per heavy atom. The van der Waals surface area contributed by atoms with E-state index < -0.39 is 30.5 Å². The van der Waals surface area contributed by atoms with E-state index in [1.54, 1.807) is 0 Å². The van der Waals surface area contributed by atoms with Crippen LogP contribution in [-0.2, 0) is 0 Å². The monoisotopic (exact) mass is 192 g/mol. The van der Waals surface area contributed by atoms with Crippen molar-refractivity contribution in [2.75, 3.05) is 6.61 Å². The lowest BCUT2D eigenvalue weighted by Crippen LogP contribution is -2.60. The maximum atomic E-state index is 9.76. The predicted molar refractivity (Wildman–Crippen MR) is 43.9 cm³/mol. The molecular weight excluding hydrogens is 176 g/mol. The lowest BCUT2D eigenvalue weighted by Gasteiger charge is -2.42. The molecule has 5 heteroatoms. The van der Waals surface area contributed by atoms with E-state index in [0.29, 0.717) is 12.8 Å². The normalized spacial score (nSPS) is 43.2. The molecule has 1 aliphatic rings. The summed E-state index contributed by atoms with van der Waals surface area (Å²) in [5.74, 6) is 0. The Kier molecular flexibility index (Phi) is 3.26. The maximum absolute atomic E-state index is 9.76. The van der Waals surface area contributed by atoms with Gasteiger partial charge in [0.1, 0.15) is 17.8 Å². The molecule has 1 saturated carbocycles. The lowest BCUT2D eigenvalue weighted by molar-refractivity contribution is -0.203. The molecule has 0 aromatic rings. The van der Waals surface area contributed by atoms with Gasteiger partial charge >= 0.3 is 0 Å². The van der Waals surface area contributed by atoms with Crippen LogP contribution >= 0.6 is 0 Å². The van der Waals surface area contributed by atoms with Crippen molar-refractivity contribution in [1.29, 1.82) is 0 Å². The summed E-state index contributed by atoms with van der Waals surface area (Å²) in [6.07, 6.45) is -2.71. The Bertz CT molecular complexity index is 174. The van der Waals surface area contributed by atoms with Gasteiger partial charge in [-0.05, 0) is 19.3 Å². The van der Waals surface area contributed by atoms with E-state index in [4.69, 9.17) is 5.11 Å². The third kappa shape index (κ3) is 1.84. The molecule has 1 rings (SSSR count). The average molecular weight is 192 g/mol. The van der Waals surface area contributed by atoms with Crippen LogP contribution in [0.15, 0.2) is 0 Å². The molecule has 1 aliphatic carbocycles. The first kappa shape index (κ1) is 10.9. The molecule has 5 N–H and O–H groups in total. The molecule has 0 spiro atoms. The largest absolute Gasteiger partial charge is 0.394 e. The van der Waals surface area contributed by atoms with Crippen LogP contribution < -0.4 is 0 Å². The van der Waals surface area contributed by atoms with E-state index >= 15 is 0 Å². The Hall–Kier alpha value is -0.200. The van der Waals surface area contributed by atoms with E-state index in [0.717, 1.165) is 0 Å². The molecule has 3 unspecified atom stereocenters. The number of hydrogen-bond acceptors (Lipinski definition) is 5. The Labute approximate surface area is 76.3 Å². The molecular formula is C8H16O5. The van der Waals surface area contributed by atoms with Crippen molar-refractivity contribution in [3.63, 3.8) is 0 Å². The molecule has 78 valence electrons. The number of hydrogen-bond donors (Lipinski definition) is 5. The quantitative estimate of drug-likeness (QED) is 0.347. The van der Waals surface area contributed by atoms with E-state index in [1.807, 2.05) is 0 Å². The summed E-state index contributed by atoms with van der Waals surface area (Å²) in [4.78, 5) is 0. The summed E-state index contributed by atoms with van der Waals surface area (Å²) in [6.45, 7) is -0.625. The molecule has 0 heterocycles. The zero-order chi connectivity index (χ0) is 10.1. The van der Waals surface area contributed by atoms with Crippen LogP contribution in [0.1, 0.15) is 19.3 Å². The molecule has 0 bridgehead atoms. The van der Waals surface area contributed by atoms with Crippen LogP contribution in [0, 0.1) is 0 Å². The molecule has 0 aromatic carbocycles. The Morgan fingerprint density at radius 3 is 2.54 bits per heavy atom. The topological polar surface area (TPSA) is 101 Å². The summed E-state index contributed by atoms with van der Waals surface area (Å²) in [5.41, 5.74) is -1.77. The average Bonchev–Trinajstić information content (AvgIpc) is 2.13. The van der Waals surface area contributed by atoms with Crippen molar-refractivity contribution in [3.8, 4) is 0 Å². The third-order valence-corrected chi connectivity index (χ3v) is 2.70. The smallest absolute Gasteiger partial charge is 0.121 e. The molecule has 0 aromatic heterocycles. The standard InChI is InChI=1S/C8H16O5/c9-4-6(11)8(13)3-1-2-5(10)7(8)12/h5-7,9-13H,1-4H2/t5?,6?,7?,8-/m0/s1. The van der Waals surface area contributed by atoms with Crippen molar-refractivity contribution in [1.82, 2.24) is 0 Å². The van der Waals surface area contributed by atoms with Gasteiger partial charge in [0.05, 0.1) is 12.7 Å². The van der Waals surface area contributed by atoms with Gasteiger partial charge in [-0.25, -0.2) is 0 Å². The van der Waals surface area contributed by atoms with E-state index in [9.17, 15) is 20.4 Å². The zero-order valence-electron chi connectivity index (χ0n) is 7.30. The van der Waals surface area contributed by atoms with Crippen molar-refractivity contribution in [3.05, 3.63) is 0 Å². The predicted octanol–water partition coefficient (Wildman–Crippen LogP) is -2.02. The first-order chi connectivity index (χ1) is 6.02. The first-order valence-electron chi connectivity index (χ1n) is 4.40. The molecule has 4 atom stereocenters. The highest BCUT2D eigenvalue weighted by Crippen LogP contribution is 2.31. The van der Waals surface area contributed by atoms with Gasteiger partial charge < -0.3 is 25.5 Å². The van der Waals surface area contributed by atoms with E-state index in [-0.39, 0.29) is 6.42 Å². The third-order valence-electron chi connectivity index (χ3n) is 2.70. The molecule has 0 saturated heterocycles. The summed E-state index contributed by atoms with van der Waals surface area (Å²) < 4.78 is 0. The maximum Gasteiger partial charge on any atom is 0.121 e. The Morgan fingerprint density at radius 1 is 1.38 bits per heavy atom. The minimum absolute atomic E-state index is 0.187. The van der Waals surface area contributed by atoms with Gasteiger partial charge in [0.15, 0.2) is 0 Å². The summed E-state index contributed by atoms with van der Waals surface area (Å²) in [6, 6.07) is 0. The van der Waals surface area contributed by atoms with Gasteiger partial charge in [0, 0.05) is 0 Å². The molecule has 1 fully saturated rings. The van der Waals surface area contributed by atoms with Crippen LogP contribution in [0.3, 0.4) is 0 Å². The lowest BCUT2D eigenvalue weighted by atomic mass is 9.77. The van der Waals surface area contributed by atoms with E-state index in [2.05, 4.69) is 0 Å². The summed E-state index contributed by atoms with van der Waals surface area (Å²) in [7, 11) is 0. The SMILES string of the molecule is OCC(O)[C@@]1(O)CCCC(O)C1O. The number of aliphatic hydroxyl groups excluding tert-OH is 4. The highest BCUT2D eigenvalue weighted by Gasteiger charge is 2.47. The molecule has 5 nitrogen and oxygen atoms in total. The second kappa shape index (κ2) is 3.89.